The van der Waals surface area contributed by atoms with Crippen molar-refractivity contribution in [1.82, 2.24) is 0 Å². The van der Waals surface area contributed by atoms with Gasteiger partial charge in [-0.05, 0) is 31.5 Å². The number of nitrogens with two attached hydrogens (primary N) is 1. The summed E-state index contributed by atoms with van der Waals surface area (Å²) in [4.78, 5) is 0. The molecule has 1 nitrogen and oxygen atoms in total. The molecule has 2 heteroatoms. The van der Waals surface area contributed by atoms with E-state index in [0.29, 0.717) is 0 Å². The molecule has 0 aliphatic rings. The Morgan fingerprint density at radius 1 is 1.18 bits per heavy atom. The van der Waals surface area contributed by atoms with E-state index in [1.165, 1.54) is 6.16 Å². The summed E-state index contributed by atoms with van der Waals surface area (Å²) in [6.07, 6.45) is 8.73. The number of rotatable bonds is 7. The summed E-state index contributed by atoms with van der Waals surface area (Å²) < 4.78 is 0. The lowest BCUT2D eigenvalue weighted by Gasteiger charge is -2.12. The summed E-state index contributed by atoms with van der Waals surface area (Å²) in [7, 11) is 0.117. The molecule has 0 fully saturated rings. The van der Waals surface area contributed by atoms with Crippen LogP contribution in [0.3, 0.4) is 0 Å². The number of hydrogen-bond acceptors (Lipinski definition) is 1. The van der Waals surface area contributed by atoms with Crippen molar-refractivity contribution in [2.45, 2.75) is 6.42 Å². The minimum Gasteiger partial charge on any atom is -0.330 e. The molecule has 0 atom stereocenters. The van der Waals surface area contributed by atoms with Crippen LogP contribution in [0.15, 0.2) is 25.3 Å². The zero-order valence-corrected chi connectivity index (χ0v) is 8.02. The van der Waals surface area contributed by atoms with Crippen LogP contribution in [0.1, 0.15) is 6.42 Å². The fourth-order valence-electron chi connectivity index (χ4n) is 0.937. The Hall–Kier alpha value is -0.130. The van der Waals surface area contributed by atoms with Crippen molar-refractivity contribution >= 4 is 7.92 Å². The van der Waals surface area contributed by atoms with Gasteiger partial charge in [0, 0.05) is 0 Å². The monoisotopic (exact) mass is 171 g/mol. The van der Waals surface area contributed by atoms with Gasteiger partial charge in [0.2, 0.25) is 0 Å². The molecule has 0 saturated carbocycles. The van der Waals surface area contributed by atoms with E-state index in [-0.39, 0.29) is 7.92 Å². The zero-order valence-electron chi connectivity index (χ0n) is 7.13. The van der Waals surface area contributed by atoms with Crippen LogP contribution in [0.25, 0.3) is 0 Å². The van der Waals surface area contributed by atoms with E-state index >= 15 is 0 Å². The van der Waals surface area contributed by atoms with E-state index in [0.717, 1.165) is 25.3 Å². The molecule has 0 aliphatic heterocycles. The van der Waals surface area contributed by atoms with Gasteiger partial charge < -0.3 is 5.73 Å². The molecule has 0 aromatic carbocycles. The van der Waals surface area contributed by atoms with Crippen LogP contribution in [0.2, 0.25) is 0 Å². The molecule has 0 unspecified atom stereocenters. The first-order valence-corrected chi connectivity index (χ1v) is 5.89. The predicted molar refractivity (Wildman–Crippen MR) is 55.6 cm³/mol. The SMILES string of the molecule is C=CCP(CC=C)CCCN. The molecule has 0 rings (SSSR count). The molecule has 0 amide bonds. The van der Waals surface area contributed by atoms with Crippen molar-refractivity contribution in [2.24, 2.45) is 5.73 Å². The lowest BCUT2D eigenvalue weighted by molar-refractivity contribution is 0.937. The molecule has 11 heavy (non-hydrogen) atoms. The summed E-state index contributed by atoms with van der Waals surface area (Å²) in [6.45, 7) is 8.30. The van der Waals surface area contributed by atoms with Crippen LogP contribution < -0.4 is 5.73 Å². The first-order chi connectivity index (χ1) is 5.35. The summed E-state index contributed by atoms with van der Waals surface area (Å²) in [5.74, 6) is 0. The van der Waals surface area contributed by atoms with Crippen molar-refractivity contribution in [2.75, 3.05) is 25.0 Å². The molecule has 64 valence electrons. The normalized spacial score (nSPS) is 10.0. The predicted octanol–water partition coefficient (Wildman–Crippen LogP) is 2.19. The largest absolute Gasteiger partial charge is 0.330 e. The molecule has 0 radical (unpaired) electrons. The molecule has 2 N–H and O–H groups in total. The molecule has 0 aromatic heterocycles. The highest BCUT2D eigenvalue weighted by Gasteiger charge is 2.01. The zero-order chi connectivity index (χ0) is 8.53. The van der Waals surface area contributed by atoms with Crippen molar-refractivity contribution < 1.29 is 0 Å². The molecule has 0 spiro atoms. The van der Waals surface area contributed by atoms with E-state index in [1.54, 1.807) is 0 Å². The average Bonchev–Trinajstić information content (AvgIpc) is 2.01. The molecule has 0 aromatic rings. The Kier molecular flexibility index (Phi) is 7.88. The van der Waals surface area contributed by atoms with Crippen LogP contribution in [-0.2, 0) is 0 Å². The second-order valence-electron chi connectivity index (χ2n) is 2.48. The minimum absolute atomic E-state index is 0.117. The van der Waals surface area contributed by atoms with Gasteiger partial charge in [0.25, 0.3) is 0 Å². The Morgan fingerprint density at radius 2 is 1.73 bits per heavy atom. The smallest absolute Gasteiger partial charge is 0.00739 e. The van der Waals surface area contributed by atoms with E-state index < -0.39 is 0 Å². The topological polar surface area (TPSA) is 26.0 Å². The van der Waals surface area contributed by atoms with E-state index in [9.17, 15) is 0 Å². The van der Waals surface area contributed by atoms with Crippen LogP contribution >= 0.6 is 7.92 Å². The number of hydrogen-bond donors (Lipinski definition) is 1. The maximum atomic E-state index is 5.43. The molecule has 0 bridgehead atoms. The van der Waals surface area contributed by atoms with Crippen molar-refractivity contribution in [3.63, 3.8) is 0 Å². The molecular weight excluding hydrogens is 153 g/mol. The van der Waals surface area contributed by atoms with Crippen LogP contribution in [0.4, 0.5) is 0 Å². The lowest BCUT2D eigenvalue weighted by atomic mass is 10.5. The van der Waals surface area contributed by atoms with Gasteiger partial charge in [-0.15, -0.1) is 13.2 Å². The van der Waals surface area contributed by atoms with Crippen LogP contribution in [0, 0.1) is 0 Å². The summed E-state index contributed by atoms with van der Waals surface area (Å²) >= 11 is 0. The fraction of sp³-hybridized carbons (Fsp3) is 0.556. The summed E-state index contributed by atoms with van der Waals surface area (Å²) in [5, 5.41) is 0. The van der Waals surface area contributed by atoms with Gasteiger partial charge >= 0.3 is 0 Å². The maximum absolute atomic E-state index is 5.43. The Bertz CT molecular complexity index is 102. The van der Waals surface area contributed by atoms with E-state index in [1.807, 2.05) is 12.2 Å². The minimum atomic E-state index is 0.117. The molecular formula is C9H18NP. The van der Waals surface area contributed by atoms with Gasteiger partial charge in [0.05, 0.1) is 0 Å². The van der Waals surface area contributed by atoms with Crippen LogP contribution in [-0.4, -0.2) is 25.0 Å². The van der Waals surface area contributed by atoms with Gasteiger partial charge in [0.15, 0.2) is 0 Å². The van der Waals surface area contributed by atoms with E-state index in [2.05, 4.69) is 13.2 Å². The highest BCUT2D eigenvalue weighted by molar-refractivity contribution is 7.58. The Balaban J connectivity index is 3.49. The van der Waals surface area contributed by atoms with Crippen LogP contribution in [0.5, 0.6) is 0 Å². The highest BCUT2D eigenvalue weighted by Crippen LogP contribution is 2.35. The van der Waals surface area contributed by atoms with Crippen molar-refractivity contribution in [1.29, 1.82) is 0 Å². The highest BCUT2D eigenvalue weighted by atomic mass is 31.1. The molecule has 0 aliphatic carbocycles. The Labute approximate surface area is 71.1 Å². The maximum Gasteiger partial charge on any atom is -0.00739 e. The number of allylic oxidation sites excluding steroid dienone is 2. The summed E-state index contributed by atoms with van der Waals surface area (Å²) in [6, 6.07) is 0. The summed E-state index contributed by atoms with van der Waals surface area (Å²) in [5.41, 5.74) is 5.43. The van der Waals surface area contributed by atoms with Gasteiger partial charge in [0.1, 0.15) is 0 Å². The van der Waals surface area contributed by atoms with Crippen molar-refractivity contribution in [3.05, 3.63) is 25.3 Å². The third-order valence-corrected chi connectivity index (χ3v) is 3.95. The second kappa shape index (κ2) is 7.97. The molecule has 0 saturated heterocycles. The van der Waals surface area contributed by atoms with Gasteiger partial charge in [-0.3, -0.25) is 0 Å². The van der Waals surface area contributed by atoms with E-state index in [4.69, 9.17) is 5.73 Å². The second-order valence-corrected chi connectivity index (χ2v) is 5.00. The van der Waals surface area contributed by atoms with Gasteiger partial charge in [-0.25, -0.2) is 0 Å². The quantitative estimate of drug-likeness (QED) is 0.461. The molecule has 0 heterocycles. The van der Waals surface area contributed by atoms with Crippen molar-refractivity contribution in [3.8, 4) is 0 Å². The third-order valence-electron chi connectivity index (χ3n) is 1.45. The third kappa shape index (κ3) is 6.28. The Morgan fingerprint density at radius 3 is 2.09 bits per heavy atom. The van der Waals surface area contributed by atoms with Gasteiger partial charge in [-0.2, -0.15) is 0 Å². The van der Waals surface area contributed by atoms with Gasteiger partial charge in [-0.1, -0.05) is 20.1 Å². The lowest BCUT2D eigenvalue weighted by Crippen LogP contribution is -2.02. The fourth-order valence-corrected chi connectivity index (χ4v) is 2.81. The average molecular weight is 171 g/mol. The first kappa shape index (κ1) is 10.9. The first-order valence-electron chi connectivity index (χ1n) is 3.99. The standard InChI is InChI=1S/C9H18NP/c1-3-7-11(8-4-2)9-5-6-10/h3-4H,1-2,5-10H2.